The number of ether oxygens (including phenoxy) is 1. The Hall–Kier alpha value is -2.18. The average molecular weight is 364 g/mol. The first kappa shape index (κ1) is 20.1. The molecule has 1 aliphatic rings. The van der Waals surface area contributed by atoms with Crippen LogP contribution >= 0.6 is 0 Å². The largest absolute Gasteiger partial charge is 0.469 e. The van der Waals surface area contributed by atoms with Gasteiger partial charge in [-0.3, -0.25) is 4.99 Å². The third kappa shape index (κ3) is 6.61. The molecule has 0 radical (unpaired) electrons. The molecule has 0 aliphatic carbocycles. The summed E-state index contributed by atoms with van der Waals surface area (Å²) >= 11 is 0. The lowest BCUT2D eigenvalue weighted by atomic mass is 10.1. The van der Waals surface area contributed by atoms with Gasteiger partial charge in [-0.05, 0) is 45.2 Å². The summed E-state index contributed by atoms with van der Waals surface area (Å²) in [7, 11) is 0. The highest BCUT2D eigenvalue weighted by Crippen LogP contribution is 2.11. The highest BCUT2D eigenvalue weighted by atomic mass is 16.6. The van der Waals surface area contributed by atoms with Crippen LogP contribution in [0.3, 0.4) is 0 Å². The van der Waals surface area contributed by atoms with Crippen LogP contribution in [0, 0.1) is 0 Å². The lowest BCUT2D eigenvalue weighted by Gasteiger charge is -2.32. The van der Waals surface area contributed by atoms with E-state index < -0.39 is 0 Å². The number of aliphatic imine (C=N–C) groups is 1. The van der Waals surface area contributed by atoms with Gasteiger partial charge in [-0.1, -0.05) is 6.92 Å². The number of rotatable bonds is 7. The molecule has 0 aromatic carbocycles. The van der Waals surface area contributed by atoms with Crippen molar-refractivity contribution in [2.75, 3.05) is 26.2 Å². The monoisotopic (exact) mass is 364 g/mol. The molecule has 0 spiro atoms. The molecule has 0 saturated carbocycles. The first-order chi connectivity index (χ1) is 12.6. The zero-order valence-corrected chi connectivity index (χ0v) is 16.2. The lowest BCUT2D eigenvalue weighted by Crippen LogP contribution is -2.51. The van der Waals surface area contributed by atoms with E-state index in [1.165, 1.54) is 0 Å². The Morgan fingerprint density at radius 1 is 1.42 bits per heavy atom. The molecule has 1 amide bonds. The number of likely N-dealkylation sites (tertiary alicyclic amines) is 1. The first-order valence-electron chi connectivity index (χ1n) is 9.64. The minimum absolute atomic E-state index is 0.212. The Labute approximate surface area is 156 Å². The van der Waals surface area contributed by atoms with Crippen LogP contribution in [-0.2, 0) is 11.2 Å². The van der Waals surface area contributed by atoms with Gasteiger partial charge in [-0.25, -0.2) is 4.79 Å². The van der Waals surface area contributed by atoms with Crippen LogP contribution in [-0.4, -0.2) is 55.3 Å². The standard InChI is InChI=1S/C19H32N4O3/c1-4-15(3)21-18(20-11-8-17-7-6-14-26-17)22-16-9-12-23(13-10-16)19(24)25-5-2/h6-7,14-16H,4-5,8-13H2,1-3H3,(H2,20,21,22). The van der Waals surface area contributed by atoms with Crippen LogP contribution in [0.5, 0.6) is 0 Å². The summed E-state index contributed by atoms with van der Waals surface area (Å²) < 4.78 is 10.4. The van der Waals surface area contributed by atoms with Gasteiger partial charge in [0.15, 0.2) is 5.96 Å². The number of nitrogens with one attached hydrogen (secondary N) is 2. The Bertz CT molecular complexity index is 551. The van der Waals surface area contributed by atoms with Gasteiger partial charge in [0.2, 0.25) is 0 Å². The maximum Gasteiger partial charge on any atom is 0.409 e. The van der Waals surface area contributed by atoms with E-state index in [1.807, 2.05) is 19.1 Å². The summed E-state index contributed by atoms with van der Waals surface area (Å²) in [5.41, 5.74) is 0. The van der Waals surface area contributed by atoms with Crippen molar-refractivity contribution in [1.82, 2.24) is 15.5 Å². The predicted molar refractivity (Wildman–Crippen MR) is 102 cm³/mol. The Kier molecular flexibility index (Phi) is 8.31. The normalized spacial score (nSPS) is 17.0. The third-order valence-corrected chi connectivity index (χ3v) is 4.57. The Balaban J connectivity index is 1.84. The fourth-order valence-corrected chi connectivity index (χ4v) is 2.82. The molecule has 7 nitrogen and oxygen atoms in total. The second-order valence-corrected chi connectivity index (χ2v) is 6.62. The van der Waals surface area contributed by atoms with Crippen molar-refractivity contribution in [3.05, 3.63) is 24.2 Å². The van der Waals surface area contributed by atoms with E-state index in [0.717, 1.165) is 37.4 Å². The summed E-state index contributed by atoms with van der Waals surface area (Å²) in [4.78, 5) is 18.3. The van der Waals surface area contributed by atoms with Gasteiger partial charge in [0.05, 0.1) is 12.9 Å². The fraction of sp³-hybridized carbons (Fsp3) is 0.684. The molecule has 0 bridgehead atoms. The van der Waals surface area contributed by atoms with Crippen molar-refractivity contribution < 1.29 is 13.9 Å². The molecule has 1 atom stereocenters. The molecule has 7 heteroatoms. The van der Waals surface area contributed by atoms with E-state index >= 15 is 0 Å². The fourth-order valence-electron chi connectivity index (χ4n) is 2.82. The number of carbonyl (C=O) groups excluding carboxylic acids is 1. The van der Waals surface area contributed by atoms with Gasteiger partial charge in [0, 0.05) is 38.1 Å². The number of guanidine groups is 1. The van der Waals surface area contributed by atoms with Crippen LogP contribution in [0.15, 0.2) is 27.8 Å². The van der Waals surface area contributed by atoms with Crippen molar-refractivity contribution >= 4 is 12.1 Å². The SMILES string of the molecule is CCOC(=O)N1CCC(NC(=NCCc2ccco2)NC(C)CC)CC1. The van der Waals surface area contributed by atoms with Gasteiger partial charge in [-0.2, -0.15) is 0 Å². The Morgan fingerprint density at radius 2 is 2.19 bits per heavy atom. The second kappa shape index (κ2) is 10.7. The van der Waals surface area contributed by atoms with E-state index in [0.29, 0.717) is 38.3 Å². The van der Waals surface area contributed by atoms with E-state index in [9.17, 15) is 4.79 Å². The Morgan fingerprint density at radius 3 is 2.81 bits per heavy atom. The van der Waals surface area contributed by atoms with Crippen molar-refractivity contribution in [1.29, 1.82) is 0 Å². The summed E-state index contributed by atoms with van der Waals surface area (Å²) in [5.74, 6) is 1.78. The van der Waals surface area contributed by atoms with Crippen molar-refractivity contribution in [3.8, 4) is 0 Å². The van der Waals surface area contributed by atoms with Gasteiger partial charge in [-0.15, -0.1) is 0 Å². The maximum atomic E-state index is 11.8. The third-order valence-electron chi connectivity index (χ3n) is 4.57. The molecule has 26 heavy (non-hydrogen) atoms. The number of hydrogen-bond acceptors (Lipinski definition) is 4. The summed E-state index contributed by atoms with van der Waals surface area (Å²) in [6.07, 6.45) is 5.06. The van der Waals surface area contributed by atoms with E-state index in [-0.39, 0.29) is 6.09 Å². The van der Waals surface area contributed by atoms with Gasteiger partial charge >= 0.3 is 6.09 Å². The van der Waals surface area contributed by atoms with Crippen molar-refractivity contribution in [3.63, 3.8) is 0 Å². The van der Waals surface area contributed by atoms with Gasteiger partial charge in [0.25, 0.3) is 0 Å². The minimum Gasteiger partial charge on any atom is -0.469 e. The van der Waals surface area contributed by atoms with Gasteiger partial charge in [0.1, 0.15) is 5.76 Å². The molecule has 2 rings (SSSR count). The molecule has 2 N–H and O–H groups in total. The zero-order valence-electron chi connectivity index (χ0n) is 16.2. The molecule has 1 aromatic rings. The molecule has 1 unspecified atom stereocenters. The summed E-state index contributed by atoms with van der Waals surface area (Å²) in [6.45, 7) is 8.63. The van der Waals surface area contributed by atoms with E-state index in [4.69, 9.17) is 14.1 Å². The molecule has 1 saturated heterocycles. The van der Waals surface area contributed by atoms with Crippen molar-refractivity contribution in [2.45, 2.75) is 58.5 Å². The minimum atomic E-state index is -0.212. The number of nitrogens with zero attached hydrogens (tertiary/aromatic N) is 2. The molecular formula is C19H32N4O3. The first-order valence-corrected chi connectivity index (χ1v) is 9.64. The van der Waals surface area contributed by atoms with Crippen LogP contribution in [0.25, 0.3) is 0 Å². The smallest absolute Gasteiger partial charge is 0.409 e. The van der Waals surface area contributed by atoms with Crippen LogP contribution in [0.4, 0.5) is 4.79 Å². The predicted octanol–water partition coefficient (Wildman–Crippen LogP) is 2.78. The average Bonchev–Trinajstić information content (AvgIpc) is 3.15. The number of amides is 1. The topological polar surface area (TPSA) is 79.1 Å². The molecule has 1 fully saturated rings. The van der Waals surface area contributed by atoms with Crippen LogP contribution < -0.4 is 10.6 Å². The van der Waals surface area contributed by atoms with Crippen molar-refractivity contribution in [2.24, 2.45) is 4.99 Å². The zero-order chi connectivity index (χ0) is 18.8. The molecule has 146 valence electrons. The summed E-state index contributed by atoms with van der Waals surface area (Å²) in [5, 5.41) is 6.97. The van der Waals surface area contributed by atoms with E-state index in [2.05, 4.69) is 24.5 Å². The maximum absolute atomic E-state index is 11.8. The summed E-state index contributed by atoms with van der Waals surface area (Å²) in [6, 6.07) is 4.52. The van der Waals surface area contributed by atoms with Crippen LogP contribution in [0.2, 0.25) is 0 Å². The molecule has 2 heterocycles. The van der Waals surface area contributed by atoms with Crippen LogP contribution in [0.1, 0.15) is 45.8 Å². The van der Waals surface area contributed by atoms with Gasteiger partial charge < -0.3 is 24.7 Å². The highest BCUT2D eigenvalue weighted by Gasteiger charge is 2.24. The highest BCUT2D eigenvalue weighted by molar-refractivity contribution is 5.80. The number of hydrogen-bond donors (Lipinski definition) is 2. The molecular weight excluding hydrogens is 332 g/mol. The number of carbonyl (C=O) groups is 1. The van der Waals surface area contributed by atoms with E-state index in [1.54, 1.807) is 11.2 Å². The number of furan rings is 1. The molecule has 1 aliphatic heterocycles. The lowest BCUT2D eigenvalue weighted by molar-refractivity contribution is 0.0963. The number of piperidine rings is 1. The quantitative estimate of drug-likeness (QED) is 0.574. The molecule has 1 aromatic heterocycles. The second-order valence-electron chi connectivity index (χ2n) is 6.62.